The summed E-state index contributed by atoms with van der Waals surface area (Å²) in [6.07, 6.45) is 0.580. The zero-order valence-corrected chi connectivity index (χ0v) is 11.2. The van der Waals surface area contributed by atoms with E-state index < -0.39 is 6.04 Å². The number of nitrogens with one attached hydrogen (secondary N) is 1. The van der Waals surface area contributed by atoms with Crippen LogP contribution >= 0.6 is 0 Å². The van der Waals surface area contributed by atoms with Crippen LogP contribution in [0.1, 0.15) is 12.5 Å². The highest BCUT2D eigenvalue weighted by atomic mass is 16.2. The van der Waals surface area contributed by atoms with Gasteiger partial charge in [-0.05, 0) is 25.6 Å². The van der Waals surface area contributed by atoms with Gasteiger partial charge in [-0.25, -0.2) is 0 Å². The molecule has 4 nitrogen and oxygen atoms in total. The van der Waals surface area contributed by atoms with Crippen LogP contribution < -0.4 is 11.1 Å². The average molecular weight is 249 g/mol. The van der Waals surface area contributed by atoms with Crippen LogP contribution in [-0.2, 0) is 11.2 Å². The second-order valence-corrected chi connectivity index (χ2v) is 4.48. The van der Waals surface area contributed by atoms with Gasteiger partial charge in [-0.3, -0.25) is 4.79 Å². The third-order valence-electron chi connectivity index (χ3n) is 2.97. The van der Waals surface area contributed by atoms with Crippen molar-refractivity contribution in [1.82, 2.24) is 10.2 Å². The topological polar surface area (TPSA) is 58.4 Å². The van der Waals surface area contributed by atoms with Gasteiger partial charge in [0.05, 0.1) is 6.04 Å². The van der Waals surface area contributed by atoms with Crippen LogP contribution in [0, 0.1) is 0 Å². The number of rotatable bonds is 7. The van der Waals surface area contributed by atoms with Gasteiger partial charge in [0.1, 0.15) is 0 Å². The first-order valence-corrected chi connectivity index (χ1v) is 6.39. The fraction of sp³-hybridized carbons (Fsp3) is 0.500. The molecule has 1 amide bonds. The SMILES string of the molecule is CCN(C)CCNC(=O)[C@H](N)Cc1ccccc1. The molecule has 0 heterocycles. The quantitative estimate of drug-likeness (QED) is 0.745. The van der Waals surface area contributed by atoms with Gasteiger partial charge in [0.25, 0.3) is 0 Å². The van der Waals surface area contributed by atoms with E-state index in [-0.39, 0.29) is 5.91 Å². The van der Waals surface area contributed by atoms with Gasteiger partial charge in [-0.15, -0.1) is 0 Å². The van der Waals surface area contributed by atoms with Crippen molar-refractivity contribution in [2.75, 3.05) is 26.7 Å². The van der Waals surface area contributed by atoms with Crippen LogP contribution in [0.5, 0.6) is 0 Å². The Morgan fingerprint density at radius 1 is 1.39 bits per heavy atom. The molecule has 1 aromatic carbocycles. The summed E-state index contributed by atoms with van der Waals surface area (Å²) in [6, 6.07) is 9.36. The molecule has 0 aromatic heterocycles. The molecule has 3 N–H and O–H groups in total. The molecular formula is C14H23N3O. The summed E-state index contributed by atoms with van der Waals surface area (Å²) in [4.78, 5) is 13.9. The number of nitrogens with two attached hydrogens (primary N) is 1. The van der Waals surface area contributed by atoms with Crippen LogP contribution in [0.3, 0.4) is 0 Å². The number of nitrogens with zero attached hydrogens (tertiary/aromatic N) is 1. The Balaban J connectivity index is 2.29. The molecule has 0 saturated carbocycles. The zero-order chi connectivity index (χ0) is 13.4. The molecule has 1 atom stereocenters. The lowest BCUT2D eigenvalue weighted by Gasteiger charge is -2.16. The van der Waals surface area contributed by atoms with Crippen molar-refractivity contribution in [3.8, 4) is 0 Å². The fourth-order valence-electron chi connectivity index (χ4n) is 1.62. The molecule has 18 heavy (non-hydrogen) atoms. The predicted octanol–water partition coefficient (Wildman–Crippen LogP) is 0.624. The van der Waals surface area contributed by atoms with Gasteiger partial charge < -0.3 is 16.0 Å². The number of hydrogen-bond acceptors (Lipinski definition) is 3. The number of amides is 1. The molecular weight excluding hydrogens is 226 g/mol. The molecule has 0 spiro atoms. The minimum absolute atomic E-state index is 0.0802. The fourth-order valence-corrected chi connectivity index (χ4v) is 1.62. The summed E-state index contributed by atoms with van der Waals surface area (Å²) >= 11 is 0. The summed E-state index contributed by atoms with van der Waals surface area (Å²) in [5.41, 5.74) is 6.96. The first kappa shape index (κ1) is 14.7. The van der Waals surface area contributed by atoms with Gasteiger partial charge in [-0.1, -0.05) is 37.3 Å². The molecule has 1 aromatic rings. The number of likely N-dealkylation sites (N-methyl/N-ethyl adjacent to an activating group) is 1. The highest BCUT2D eigenvalue weighted by Gasteiger charge is 2.13. The minimum Gasteiger partial charge on any atom is -0.353 e. The average Bonchev–Trinajstić information content (AvgIpc) is 2.39. The van der Waals surface area contributed by atoms with Crippen LogP contribution in [0.15, 0.2) is 30.3 Å². The molecule has 0 bridgehead atoms. The lowest BCUT2D eigenvalue weighted by molar-refractivity contribution is -0.122. The Hall–Kier alpha value is -1.39. The van der Waals surface area contributed by atoms with Crippen LogP contribution in [0.25, 0.3) is 0 Å². The number of carbonyl (C=O) groups is 1. The number of hydrogen-bond donors (Lipinski definition) is 2. The van der Waals surface area contributed by atoms with E-state index >= 15 is 0 Å². The summed E-state index contributed by atoms with van der Waals surface area (Å²) < 4.78 is 0. The molecule has 1 rings (SSSR count). The Morgan fingerprint density at radius 3 is 2.67 bits per heavy atom. The second kappa shape index (κ2) is 7.84. The Bertz CT molecular complexity index is 353. The first-order valence-electron chi connectivity index (χ1n) is 6.39. The lowest BCUT2D eigenvalue weighted by atomic mass is 10.1. The van der Waals surface area contributed by atoms with Gasteiger partial charge in [0.2, 0.25) is 5.91 Å². The number of benzene rings is 1. The lowest BCUT2D eigenvalue weighted by Crippen LogP contribution is -2.44. The van der Waals surface area contributed by atoms with Crippen molar-refractivity contribution in [1.29, 1.82) is 0 Å². The van der Waals surface area contributed by atoms with E-state index in [0.717, 1.165) is 18.7 Å². The summed E-state index contributed by atoms with van der Waals surface area (Å²) in [5, 5.41) is 2.86. The van der Waals surface area contributed by atoms with Crippen molar-refractivity contribution in [3.63, 3.8) is 0 Å². The molecule has 0 radical (unpaired) electrons. The van der Waals surface area contributed by atoms with Crippen LogP contribution in [-0.4, -0.2) is 43.5 Å². The van der Waals surface area contributed by atoms with Crippen LogP contribution in [0.4, 0.5) is 0 Å². The Labute approximate surface area is 109 Å². The van der Waals surface area contributed by atoms with Crippen molar-refractivity contribution in [3.05, 3.63) is 35.9 Å². The monoisotopic (exact) mass is 249 g/mol. The molecule has 0 aliphatic rings. The summed E-state index contributed by atoms with van der Waals surface area (Å²) in [6.45, 7) is 4.56. The van der Waals surface area contributed by atoms with E-state index in [1.54, 1.807) is 0 Å². The normalized spacial score (nSPS) is 12.4. The second-order valence-electron chi connectivity index (χ2n) is 4.48. The zero-order valence-electron chi connectivity index (χ0n) is 11.2. The standard InChI is InChI=1S/C14H23N3O/c1-3-17(2)10-9-16-14(18)13(15)11-12-7-5-4-6-8-12/h4-8,13H,3,9-11,15H2,1-2H3,(H,16,18)/t13-/m1/s1. The summed E-state index contributed by atoms with van der Waals surface area (Å²) in [5.74, 6) is -0.0802. The van der Waals surface area contributed by atoms with E-state index in [4.69, 9.17) is 5.73 Å². The van der Waals surface area contributed by atoms with E-state index in [2.05, 4.69) is 17.1 Å². The maximum absolute atomic E-state index is 11.8. The van der Waals surface area contributed by atoms with Gasteiger partial charge in [0.15, 0.2) is 0 Å². The smallest absolute Gasteiger partial charge is 0.237 e. The highest BCUT2D eigenvalue weighted by molar-refractivity contribution is 5.81. The molecule has 4 heteroatoms. The van der Waals surface area contributed by atoms with E-state index in [1.165, 1.54) is 0 Å². The maximum Gasteiger partial charge on any atom is 0.237 e. The third kappa shape index (κ3) is 5.29. The first-order chi connectivity index (χ1) is 8.63. The molecule has 0 saturated heterocycles. The van der Waals surface area contributed by atoms with E-state index in [1.807, 2.05) is 37.4 Å². The largest absolute Gasteiger partial charge is 0.353 e. The molecule has 0 aliphatic heterocycles. The molecule has 100 valence electrons. The molecule has 0 fully saturated rings. The van der Waals surface area contributed by atoms with Gasteiger partial charge in [0, 0.05) is 13.1 Å². The van der Waals surface area contributed by atoms with Gasteiger partial charge >= 0.3 is 0 Å². The third-order valence-corrected chi connectivity index (χ3v) is 2.97. The minimum atomic E-state index is -0.473. The van der Waals surface area contributed by atoms with Crippen molar-refractivity contribution in [2.24, 2.45) is 5.73 Å². The molecule has 0 unspecified atom stereocenters. The molecule has 0 aliphatic carbocycles. The highest BCUT2D eigenvalue weighted by Crippen LogP contribution is 2.01. The van der Waals surface area contributed by atoms with Gasteiger partial charge in [-0.2, -0.15) is 0 Å². The number of carbonyl (C=O) groups excluding carboxylic acids is 1. The van der Waals surface area contributed by atoms with Crippen molar-refractivity contribution < 1.29 is 4.79 Å². The van der Waals surface area contributed by atoms with Crippen molar-refractivity contribution >= 4 is 5.91 Å². The van der Waals surface area contributed by atoms with E-state index in [0.29, 0.717) is 13.0 Å². The Morgan fingerprint density at radius 2 is 2.06 bits per heavy atom. The predicted molar refractivity (Wildman–Crippen MR) is 74.3 cm³/mol. The Kier molecular flexibility index (Phi) is 6.39. The van der Waals surface area contributed by atoms with E-state index in [9.17, 15) is 4.79 Å². The van der Waals surface area contributed by atoms with Crippen molar-refractivity contribution in [2.45, 2.75) is 19.4 Å². The van der Waals surface area contributed by atoms with Crippen LogP contribution in [0.2, 0.25) is 0 Å². The maximum atomic E-state index is 11.8. The summed E-state index contributed by atoms with van der Waals surface area (Å²) in [7, 11) is 2.02.